The third-order valence-electron chi connectivity index (χ3n) is 2.72. The minimum absolute atomic E-state index is 0.149. The van der Waals surface area contributed by atoms with Gasteiger partial charge in [0.2, 0.25) is 0 Å². The second kappa shape index (κ2) is 3.53. The lowest BCUT2D eigenvalue weighted by Crippen LogP contribution is -2.52. The monoisotopic (exact) mass is 195 g/mol. The number of hydrogen-bond donors (Lipinski definition) is 2. The van der Waals surface area contributed by atoms with Crippen molar-refractivity contribution in [2.24, 2.45) is 5.73 Å². The SMILES string of the molecule is NC1(CNc2ncccc2F)CCC1. The molecule has 1 heterocycles. The molecule has 3 nitrogen and oxygen atoms in total. The molecule has 0 saturated heterocycles. The standard InChI is InChI=1S/C10H14FN3/c11-8-3-1-6-13-9(8)14-7-10(12)4-2-5-10/h1,3,6H,2,4-5,7,12H2,(H,13,14). The molecule has 4 heteroatoms. The van der Waals surface area contributed by atoms with Crippen LogP contribution in [0.5, 0.6) is 0 Å². The van der Waals surface area contributed by atoms with E-state index in [1.807, 2.05) is 0 Å². The average Bonchev–Trinajstić information content (AvgIpc) is 2.14. The van der Waals surface area contributed by atoms with Crippen molar-refractivity contribution in [3.05, 3.63) is 24.1 Å². The van der Waals surface area contributed by atoms with E-state index >= 15 is 0 Å². The highest BCUT2D eigenvalue weighted by atomic mass is 19.1. The van der Waals surface area contributed by atoms with Crippen LogP contribution in [0.1, 0.15) is 19.3 Å². The van der Waals surface area contributed by atoms with Gasteiger partial charge in [0, 0.05) is 18.3 Å². The van der Waals surface area contributed by atoms with Gasteiger partial charge in [-0.25, -0.2) is 9.37 Å². The first-order valence-electron chi connectivity index (χ1n) is 4.83. The van der Waals surface area contributed by atoms with E-state index in [4.69, 9.17) is 5.73 Å². The number of pyridine rings is 1. The summed E-state index contributed by atoms with van der Waals surface area (Å²) in [6, 6.07) is 2.96. The Kier molecular flexibility index (Phi) is 2.37. The summed E-state index contributed by atoms with van der Waals surface area (Å²) in [6.45, 7) is 0.598. The van der Waals surface area contributed by atoms with Crippen LogP contribution in [0.4, 0.5) is 10.2 Å². The highest BCUT2D eigenvalue weighted by Gasteiger charge is 2.32. The lowest BCUT2D eigenvalue weighted by Gasteiger charge is -2.38. The first-order chi connectivity index (χ1) is 6.70. The molecule has 0 aliphatic heterocycles. The van der Waals surface area contributed by atoms with E-state index in [0.29, 0.717) is 12.4 Å². The van der Waals surface area contributed by atoms with E-state index < -0.39 is 0 Å². The number of nitrogens with two attached hydrogens (primary N) is 1. The largest absolute Gasteiger partial charge is 0.366 e. The number of halogens is 1. The van der Waals surface area contributed by atoms with E-state index in [1.54, 1.807) is 12.3 Å². The molecule has 1 aliphatic carbocycles. The molecular weight excluding hydrogens is 181 g/mol. The van der Waals surface area contributed by atoms with Crippen LogP contribution in [0.25, 0.3) is 0 Å². The van der Waals surface area contributed by atoms with Crippen LogP contribution in [0.3, 0.4) is 0 Å². The topological polar surface area (TPSA) is 50.9 Å². The predicted octanol–water partition coefficient (Wildman–Crippen LogP) is 1.51. The molecule has 0 atom stereocenters. The summed E-state index contributed by atoms with van der Waals surface area (Å²) >= 11 is 0. The highest BCUT2D eigenvalue weighted by Crippen LogP contribution is 2.29. The van der Waals surface area contributed by atoms with Gasteiger partial charge in [0.1, 0.15) is 0 Å². The van der Waals surface area contributed by atoms with Crippen LogP contribution in [-0.4, -0.2) is 17.1 Å². The summed E-state index contributed by atoms with van der Waals surface area (Å²) in [6.07, 6.45) is 4.75. The Morgan fingerprint density at radius 1 is 1.57 bits per heavy atom. The quantitative estimate of drug-likeness (QED) is 0.768. The van der Waals surface area contributed by atoms with E-state index in [1.165, 1.54) is 12.5 Å². The van der Waals surface area contributed by atoms with E-state index in [0.717, 1.165) is 12.8 Å². The van der Waals surface area contributed by atoms with Crippen LogP contribution in [0.15, 0.2) is 18.3 Å². The third-order valence-corrected chi connectivity index (χ3v) is 2.72. The van der Waals surface area contributed by atoms with Crippen LogP contribution >= 0.6 is 0 Å². The summed E-state index contributed by atoms with van der Waals surface area (Å²) in [4.78, 5) is 3.90. The summed E-state index contributed by atoms with van der Waals surface area (Å²) in [5.41, 5.74) is 5.84. The molecule has 0 radical (unpaired) electrons. The maximum absolute atomic E-state index is 13.1. The number of anilines is 1. The van der Waals surface area contributed by atoms with E-state index in [2.05, 4.69) is 10.3 Å². The molecule has 14 heavy (non-hydrogen) atoms. The zero-order valence-corrected chi connectivity index (χ0v) is 7.96. The van der Waals surface area contributed by atoms with Gasteiger partial charge in [0.05, 0.1) is 0 Å². The normalized spacial score (nSPS) is 18.7. The van der Waals surface area contributed by atoms with Gasteiger partial charge in [0.25, 0.3) is 0 Å². The van der Waals surface area contributed by atoms with Crippen molar-refractivity contribution in [3.63, 3.8) is 0 Å². The van der Waals surface area contributed by atoms with Crippen LogP contribution < -0.4 is 11.1 Å². The van der Waals surface area contributed by atoms with Gasteiger partial charge in [-0.3, -0.25) is 0 Å². The predicted molar refractivity (Wildman–Crippen MR) is 53.5 cm³/mol. The lowest BCUT2D eigenvalue weighted by atomic mass is 9.78. The van der Waals surface area contributed by atoms with Crippen molar-refractivity contribution < 1.29 is 4.39 Å². The first kappa shape index (κ1) is 9.40. The summed E-state index contributed by atoms with van der Waals surface area (Å²) in [7, 11) is 0. The molecule has 1 aromatic rings. The zero-order chi connectivity index (χ0) is 10.0. The molecule has 0 spiro atoms. The Hall–Kier alpha value is -1.16. The molecule has 1 aromatic heterocycles. The second-order valence-electron chi connectivity index (χ2n) is 3.90. The minimum atomic E-state index is -0.324. The fourth-order valence-electron chi connectivity index (χ4n) is 1.58. The van der Waals surface area contributed by atoms with Gasteiger partial charge in [-0.05, 0) is 31.4 Å². The maximum Gasteiger partial charge on any atom is 0.165 e. The van der Waals surface area contributed by atoms with Gasteiger partial charge in [-0.15, -0.1) is 0 Å². The Morgan fingerprint density at radius 2 is 2.36 bits per heavy atom. The molecular formula is C10H14FN3. The molecule has 3 N–H and O–H groups in total. The molecule has 2 rings (SSSR count). The Balaban J connectivity index is 1.95. The van der Waals surface area contributed by atoms with Gasteiger partial charge in [-0.2, -0.15) is 0 Å². The lowest BCUT2D eigenvalue weighted by molar-refractivity contribution is 0.265. The van der Waals surface area contributed by atoms with Crippen molar-refractivity contribution in [2.45, 2.75) is 24.8 Å². The highest BCUT2D eigenvalue weighted by molar-refractivity contribution is 5.36. The van der Waals surface area contributed by atoms with Gasteiger partial charge in [0.15, 0.2) is 11.6 Å². The summed E-state index contributed by atoms with van der Waals surface area (Å²) in [5, 5.41) is 2.94. The first-order valence-corrected chi connectivity index (χ1v) is 4.83. The molecule has 0 bridgehead atoms. The van der Waals surface area contributed by atoms with Gasteiger partial charge < -0.3 is 11.1 Å². The average molecular weight is 195 g/mol. The Bertz CT molecular complexity index is 323. The number of nitrogens with zero attached hydrogens (tertiary/aromatic N) is 1. The van der Waals surface area contributed by atoms with Crippen molar-refractivity contribution in [2.75, 3.05) is 11.9 Å². The minimum Gasteiger partial charge on any atom is -0.366 e. The molecule has 76 valence electrons. The van der Waals surface area contributed by atoms with Crippen LogP contribution in [-0.2, 0) is 0 Å². The third kappa shape index (κ3) is 1.85. The summed E-state index contributed by atoms with van der Waals surface area (Å²) in [5.74, 6) is -0.0281. The number of aromatic nitrogens is 1. The summed E-state index contributed by atoms with van der Waals surface area (Å²) < 4.78 is 13.1. The zero-order valence-electron chi connectivity index (χ0n) is 7.96. The maximum atomic E-state index is 13.1. The molecule has 1 saturated carbocycles. The van der Waals surface area contributed by atoms with Crippen molar-refractivity contribution >= 4 is 5.82 Å². The molecule has 0 unspecified atom stereocenters. The van der Waals surface area contributed by atoms with E-state index in [9.17, 15) is 4.39 Å². The number of rotatable bonds is 3. The van der Waals surface area contributed by atoms with Gasteiger partial charge in [-0.1, -0.05) is 0 Å². The second-order valence-corrected chi connectivity index (χ2v) is 3.90. The molecule has 0 amide bonds. The fraction of sp³-hybridized carbons (Fsp3) is 0.500. The Morgan fingerprint density at radius 3 is 2.93 bits per heavy atom. The van der Waals surface area contributed by atoms with Crippen molar-refractivity contribution in [1.29, 1.82) is 0 Å². The van der Waals surface area contributed by atoms with Crippen LogP contribution in [0, 0.1) is 5.82 Å². The van der Waals surface area contributed by atoms with E-state index in [-0.39, 0.29) is 11.4 Å². The Labute approximate surface area is 82.5 Å². The molecule has 1 aliphatic rings. The number of nitrogens with one attached hydrogen (secondary N) is 1. The van der Waals surface area contributed by atoms with Crippen LogP contribution in [0.2, 0.25) is 0 Å². The number of hydrogen-bond acceptors (Lipinski definition) is 3. The molecule has 1 fully saturated rings. The smallest absolute Gasteiger partial charge is 0.165 e. The van der Waals surface area contributed by atoms with Crippen molar-refractivity contribution in [3.8, 4) is 0 Å². The van der Waals surface area contributed by atoms with Gasteiger partial charge >= 0.3 is 0 Å². The molecule has 0 aromatic carbocycles. The van der Waals surface area contributed by atoms with Crippen molar-refractivity contribution in [1.82, 2.24) is 4.98 Å². The fourth-order valence-corrected chi connectivity index (χ4v) is 1.58.